The molecule has 0 saturated heterocycles. The Morgan fingerprint density at radius 3 is 2.64 bits per heavy atom. The van der Waals surface area contributed by atoms with E-state index in [-0.39, 0.29) is 12.1 Å². The van der Waals surface area contributed by atoms with E-state index in [0.717, 1.165) is 24.1 Å². The number of methoxy groups -OCH3 is 1. The number of imidazole rings is 1. The van der Waals surface area contributed by atoms with Crippen LogP contribution in [0.3, 0.4) is 0 Å². The summed E-state index contributed by atoms with van der Waals surface area (Å²) in [6.07, 6.45) is 4.01. The van der Waals surface area contributed by atoms with Crippen molar-refractivity contribution in [2.24, 2.45) is 0 Å². The van der Waals surface area contributed by atoms with Crippen LogP contribution in [0.25, 0.3) is 0 Å². The Bertz CT molecular complexity index is 994. The third kappa shape index (κ3) is 3.37. The average molecular weight is 373 g/mol. The molecule has 0 spiro atoms. The summed E-state index contributed by atoms with van der Waals surface area (Å²) >= 11 is 0. The van der Waals surface area contributed by atoms with Crippen molar-refractivity contribution >= 4 is 5.97 Å². The van der Waals surface area contributed by atoms with Gasteiger partial charge in [0.25, 0.3) is 0 Å². The number of carbonyl (C=O) groups excluding carboxylic acids is 1. The molecule has 1 aromatic heterocycles. The molecule has 1 heterocycles. The number of nitrogens with one attached hydrogen (secondary N) is 1. The Balaban J connectivity index is 1.66. The first-order valence-corrected chi connectivity index (χ1v) is 9.33. The van der Waals surface area contributed by atoms with Crippen molar-refractivity contribution in [3.63, 3.8) is 0 Å². The van der Waals surface area contributed by atoms with Crippen molar-refractivity contribution in [3.8, 4) is 0 Å². The summed E-state index contributed by atoms with van der Waals surface area (Å²) in [6, 6.07) is 18.7. The second kappa shape index (κ2) is 7.82. The zero-order valence-electron chi connectivity index (χ0n) is 15.8. The Labute approximate surface area is 164 Å². The molecule has 2 atom stereocenters. The van der Waals surface area contributed by atoms with Crippen molar-refractivity contribution in [1.29, 1.82) is 0 Å². The molecule has 2 unspecified atom stereocenters. The van der Waals surface area contributed by atoms with Crippen molar-refractivity contribution in [2.45, 2.75) is 25.0 Å². The highest BCUT2D eigenvalue weighted by atomic mass is 16.5. The van der Waals surface area contributed by atoms with E-state index in [1.165, 1.54) is 18.2 Å². The lowest BCUT2D eigenvalue weighted by Gasteiger charge is -2.35. The van der Waals surface area contributed by atoms with Gasteiger partial charge in [-0.3, -0.25) is 0 Å². The molecule has 0 fully saturated rings. The summed E-state index contributed by atoms with van der Waals surface area (Å²) in [6.45, 7) is 5.13. The van der Waals surface area contributed by atoms with Crippen LogP contribution in [0.15, 0.2) is 79.3 Å². The summed E-state index contributed by atoms with van der Waals surface area (Å²) < 4.78 is 6.78. The maximum absolute atomic E-state index is 12.2. The average Bonchev–Trinajstić information content (AvgIpc) is 3.21. The molecular weight excluding hydrogens is 350 g/mol. The van der Waals surface area contributed by atoms with E-state index in [1.54, 1.807) is 12.5 Å². The fourth-order valence-corrected chi connectivity index (χ4v) is 3.92. The number of hydrogen-bond acceptors (Lipinski definition) is 4. The number of esters is 1. The smallest absolute Gasteiger partial charge is 0.356 e. The molecule has 0 radical (unpaired) electrons. The second-order valence-electron chi connectivity index (χ2n) is 6.99. The second-order valence-corrected chi connectivity index (χ2v) is 6.99. The van der Waals surface area contributed by atoms with Gasteiger partial charge in [-0.05, 0) is 28.7 Å². The minimum absolute atomic E-state index is 0.137. The van der Waals surface area contributed by atoms with Crippen molar-refractivity contribution in [1.82, 2.24) is 14.9 Å². The number of hydrogen-bond donors (Lipinski definition) is 1. The Kier molecular flexibility index (Phi) is 5.08. The van der Waals surface area contributed by atoms with Gasteiger partial charge in [-0.1, -0.05) is 61.2 Å². The van der Waals surface area contributed by atoms with Crippen LogP contribution in [0.1, 0.15) is 45.7 Å². The molecule has 0 bridgehead atoms. The van der Waals surface area contributed by atoms with E-state index in [2.05, 4.69) is 47.2 Å². The van der Waals surface area contributed by atoms with Crippen LogP contribution in [-0.4, -0.2) is 22.6 Å². The van der Waals surface area contributed by atoms with Crippen LogP contribution >= 0.6 is 0 Å². The summed E-state index contributed by atoms with van der Waals surface area (Å²) in [4.78, 5) is 16.3. The zero-order chi connectivity index (χ0) is 19.5. The van der Waals surface area contributed by atoms with E-state index in [0.29, 0.717) is 5.69 Å². The van der Waals surface area contributed by atoms with Crippen LogP contribution in [-0.2, 0) is 11.3 Å². The quantitative estimate of drug-likeness (QED) is 0.541. The summed E-state index contributed by atoms with van der Waals surface area (Å²) in [5, 5.41) is 3.66. The molecule has 3 aromatic rings. The molecule has 0 saturated carbocycles. The van der Waals surface area contributed by atoms with Gasteiger partial charge in [0, 0.05) is 12.6 Å². The maximum atomic E-state index is 12.2. The number of benzene rings is 2. The van der Waals surface area contributed by atoms with Crippen molar-refractivity contribution < 1.29 is 9.53 Å². The highest BCUT2D eigenvalue weighted by Gasteiger charge is 2.32. The lowest BCUT2D eigenvalue weighted by molar-refractivity contribution is 0.0587. The molecule has 0 aliphatic heterocycles. The molecule has 0 amide bonds. The maximum Gasteiger partial charge on any atom is 0.356 e. The number of carbonyl (C=O) groups is 1. The molecule has 5 nitrogen and oxygen atoms in total. The molecule has 28 heavy (non-hydrogen) atoms. The van der Waals surface area contributed by atoms with E-state index in [1.807, 2.05) is 28.8 Å². The minimum Gasteiger partial charge on any atom is -0.464 e. The molecule has 5 heteroatoms. The molecule has 1 aliphatic carbocycles. The third-order valence-electron chi connectivity index (χ3n) is 5.25. The van der Waals surface area contributed by atoms with Gasteiger partial charge in [0.05, 0.1) is 25.7 Å². The van der Waals surface area contributed by atoms with Gasteiger partial charge in [0.2, 0.25) is 0 Å². The van der Waals surface area contributed by atoms with E-state index in [4.69, 9.17) is 4.74 Å². The highest BCUT2D eigenvalue weighted by Crippen LogP contribution is 2.41. The predicted molar refractivity (Wildman–Crippen MR) is 108 cm³/mol. The molecular formula is C23H23N3O2. The van der Waals surface area contributed by atoms with E-state index < -0.39 is 5.97 Å². The molecule has 142 valence electrons. The molecule has 4 rings (SSSR count). The van der Waals surface area contributed by atoms with Gasteiger partial charge in [0.1, 0.15) is 5.69 Å². The zero-order valence-corrected chi connectivity index (χ0v) is 15.8. The van der Waals surface area contributed by atoms with Gasteiger partial charge in [0.15, 0.2) is 0 Å². The first-order valence-electron chi connectivity index (χ1n) is 9.33. The Hall–Kier alpha value is -3.18. The lowest BCUT2D eigenvalue weighted by atomic mass is 9.81. The monoisotopic (exact) mass is 373 g/mol. The molecule has 1 N–H and O–H groups in total. The van der Waals surface area contributed by atoms with Crippen LogP contribution in [0.2, 0.25) is 0 Å². The number of nitrogens with zero attached hydrogens (tertiary/aromatic N) is 2. The summed E-state index contributed by atoms with van der Waals surface area (Å²) in [5.41, 5.74) is 5.06. The first-order chi connectivity index (χ1) is 13.7. The van der Waals surface area contributed by atoms with Gasteiger partial charge >= 0.3 is 5.97 Å². The Morgan fingerprint density at radius 1 is 1.18 bits per heavy atom. The normalized spacial score (nSPS) is 18.5. The van der Waals surface area contributed by atoms with Gasteiger partial charge in [-0.2, -0.15) is 0 Å². The third-order valence-corrected chi connectivity index (χ3v) is 5.25. The van der Waals surface area contributed by atoms with Gasteiger partial charge in [-0.15, -0.1) is 0 Å². The largest absolute Gasteiger partial charge is 0.464 e. The minimum atomic E-state index is -0.396. The fraction of sp³-hybridized carbons (Fsp3) is 0.217. The van der Waals surface area contributed by atoms with Crippen LogP contribution in [0.4, 0.5) is 0 Å². The summed E-state index contributed by atoms with van der Waals surface area (Å²) in [7, 11) is 1.38. The highest BCUT2D eigenvalue weighted by molar-refractivity contribution is 5.87. The predicted octanol–water partition coefficient (Wildman–Crippen LogP) is 4.05. The van der Waals surface area contributed by atoms with Crippen LogP contribution in [0.5, 0.6) is 0 Å². The topological polar surface area (TPSA) is 56.2 Å². The molecule has 2 aromatic carbocycles. The lowest BCUT2D eigenvalue weighted by Crippen LogP contribution is -2.30. The number of aromatic nitrogens is 2. The first kappa shape index (κ1) is 18.2. The van der Waals surface area contributed by atoms with Crippen molar-refractivity contribution in [3.05, 3.63) is 102 Å². The number of rotatable bonds is 5. The SMILES string of the molecule is C=C1CC(NCc2ccccc2)c2ccccc2C1n1cncc1C(=O)OC. The standard InChI is InChI=1S/C23H23N3O2/c1-16-12-20(25-13-17-8-4-3-5-9-17)18-10-6-7-11-19(18)22(16)26-15-24-14-21(26)23(27)28-2/h3-11,14-15,20,22,25H,1,12-13H2,2H3. The fourth-order valence-electron chi connectivity index (χ4n) is 3.92. The molecule has 1 aliphatic rings. The van der Waals surface area contributed by atoms with Crippen LogP contribution in [0, 0.1) is 0 Å². The van der Waals surface area contributed by atoms with Gasteiger partial charge in [-0.25, -0.2) is 9.78 Å². The van der Waals surface area contributed by atoms with Gasteiger partial charge < -0.3 is 14.6 Å². The Morgan fingerprint density at radius 2 is 1.89 bits per heavy atom. The van der Waals surface area contributed by atoms with Crippen molar-refractivity contribution in [2.75, 3.05) is 7.11 Å². The summed E-state index contributed by atoms with van der Waals surface area (Å²) in [5.74, 6) is -0.396. The number of ether oxygens (including phenoxy) is 1. The van der Waals surface area contributed by atoms with Crippen LogP contribution < -0.4 is 5.32 Å². The van der Waals surface area contributed by atoms with E-state index in [9.17, 15) is 4.79 Å². The number of fused-ring (bicyclic) bond motifs is 1. The van der Waals surface area contributed by atoms with E-state index >= 15 is 0 Å².